The van der Waals surface area contributed by atoms with E-state index in [2.05, 4.69) is 118 Å². The highest BCUT2D eigenvalue weighted by atomic mass is 32.2. The van der Waals surface area contributed by atoms with Crippen molar-refractivity contribution in [2.75, 3.05) is 0 Å². The molecule has 0 spiro atoms. The molecular weight excluding hydrogens is 380 g/mol. The number of hydrogen-bond donors (Lipinski definition) is 0. The smallest absolute Gasteiger partial charge is 0.0991 e. The van der Waals surface area contributed by atoms with Crippen LogP contribution in [0.4, 0.5) is 0 Å². The van der Waals surface area contributed by atoms with Gasteiger partial charge < -0.3 is 0 Å². The maximum Gasteiger partial charge on any atom is 0.166 e. The maximum atomic E-state index is 3.85. The lowest BCUT2D eigenvalue weighted by Crippen LogP contribution is -2.06. The van der Waals surface area contributed by atoms with Crippen molar-refractivity contribution >= 4 is 10.9 Å². The van der Waals surface area contributed by atoms with Crippen molar-refractivity contribution in [1.82, 2.24) is 0 Å². The highest BCUT2D eigenvalue weighted by Gasteiger charge is 2.29. The molecule has 0 atom stereocenters. The van der Waals surface area contributed by atoms with Crippen LogP contribution in [0, 0.1) is 13.8 Å². The van der Waals surface area contributed by atoms with Gasteiger partial charge in [-0.15, -0.1) is 0 Å². The Morgan fingerprint density at radius 1 is 0.900 bits per heavy atom. The molecule has 0 saturated carbocycles. The molecule has 0 amide bonds. The van der Waals surface area contributed by atoms with Crippen LogP contribution >= 0.6 is 0 Å². The third-order valence-electron chi connectivity index (χ3n) is 5.03. The molecule has 0 heterocycles. The SMILES string of the molecule is C=C/C=C(\C=C/C)CC1=CCC=C([S+](c2ccc(C)cc2)c2ccc(C)cc2)C=C1. The Balaban J connectivity index is 1.92. The van der Waals surface area contributed by atoms with Gasteiger partial charge in [-0.25, -0.2) is 0 Å². The molecule has 0 bridgehead atoms. The standard InChI is InChI=1S/C29H31S/c1-5-8-25(9-6-2)22-26-10-7-11-27(21-16-26)30(28-17-12-23(3)13-18-28)29-19-14-24(4)15-20-29/h5-6,8-21H,1,7,22H2,2-4H3/q+1/b9-6-,25-8+. The Labute approximate surface area is 185 Å². The van der Waals surface area contributed by atoms with Crippen LogP contribution in [-0.2, 0) is 10.9 Å². The predicted molar refractivity (Wildman–Crippen MR) is 134 cm³/mol. The average molecular weight is 412 g/mol. The Bertz CT molecular complexity index is 964. The molecule has 30 heavy (non-hydrogen) atoms. The molecule has 0 aromatic heterocycles. The zero-order valence-electron chi connectivity index (χ0n) is 18.3. The quantitative estimate of drug-likeness (QED) is 0.318. The molecule has 3 rings (SSSR count). The number of rotatable bonds is 7. The van der Waals surface area contributed by atoms with Gasteiger partial charge in [-0.1, -0.05) is 78.4 Å². The lowest BCUT2D eigenvalue weighted by Gasteiger charge is -2.09. The second-order valence-electron chi connectivity index (χ2n) is 7.54. The second-order valence-corrected chi connectivity index (χ2v) is 9.57. The molecule has 2 aromatic carbocycles. The lowest BCUT2D eigenvalue weighted by atomic mass is 10.0. The van der Waals surface area contributed by atoms with Gasteiger partial charge >= 0.3 is 0 Å². The van der Waals surface area contributed by atoms with Gasteiger partial charge in [0.15, 0.2) is 14.7 Å². The average Bonchev–Trinajstić information content (AvgIpc) is 2.97. The minimum atomic E-state index is -0.104. The van der Waals surface area contributed by atoms with E-state index in [4.69, 9.17) is 0 Å². The van der Waals surface area contributed by atoms with E-state index in [1.165, 1.54) is 37.0 Å². The monoisotopic (exact) mass is 411 g/mol. The summed E-state index contributed by atoms with van der Waals surface area (Å²) in [7, 11) is -0.104. The minimum Gasteiger partial charge on any atom is -0.0991 e. The summed E-state index contributed by atoms with van der Waals surface area (Å²) in [5.41, 5.74) is 5.23. The fourth-order valence-electron chi connectivity index (χ4n) is 3.47. The van der Waals surface area contributed by atoms with E-state index in [1.807, 2.05) is 6.08 Å². The fourth-order valence-corrected chi connectivity index (χ4v) is 5.57. The second kappa shape index (κ2) is 10.8. The van der Waals surface area contributed by atoms with Crippen molar-refractivity contribution in [1.29, 1.82) is 0 Å². The van der Waals surface area contributed by atoms with Crippen LogP contribution in [-0.4, -0.2) is 0 Å². The molecule has 0 aliphatic heterocycles. The Morgan fingerprint density at radius 3 is 2.03 bits per heavy atom. The van der Waals surface area contributed by atoms with Crippen molar-refractivity contribution in [2.24, 2.45) is 0 Å². The van der Waals surface area contributed by atoms with Crippen molar-refractivity contribution < 1.29 is 0 Å². The summed E-state index contributed by atoms with van der Waals surface area (Å²) >= 11 is 0. The van der Waals surface area contributed by atoms with Crippen LogP contribution in [0.5, 0.6) is 0 Å². The summed E-state index contributed by atoms with van der Waals surface area (Å²) in [5.74, 6) is 0. The van der Waals surface area contributed by atoms with Crippen molar-refractivity contribution in [3.63, 3.8) is 0 Å². The molecule has 152 valence electrons. The van der Waals surface area contributed by atoms with E-state index in [0.29, 0.717) is 0 Å². The maximum absolute atomic E-state index is 3.85. The van der Waals surface area contributed by atoms with E-state index in [0.717, 1.165) is 12.8 Å². The minimum absolute atomic E-state index is 0.104. The largest absolute Gasteiger partial charge is 0.166 e. The van der Waals surface area contributed by atoms with Gasteiger partial charge in [0, 0.05) is 0 Å². The van der Waals surface area contributed by atoms with Crippen LogP contribution in [0.15, 0.2) is 130 Å². The van der Waals surface area contributed by atoms with Crippen LogP contribution in [0.2, 0.25) is 0 Å². The van der Waals surface area contributed by atoms with E-state index in [9.17, 15) is 0 Å². The van der Waals surface area contributed by atoms with E-state index >= 15 is 0 Å². The van der Waals surface area contributed by atoms with Crippen LogP contribution < -0.4 is 0 Å². The molecule has 0 fully saturated rings. The zero-order valence-corrected chi connectivity index (χ0v) is 19.1. The van der Waals surface area contributed by atoms with Gasteiger partial charge in [0.25, 0.3) is 0 Å². The molecule has 1 aliphatic rings. The number of benzene rings is 2. The molecule has 0 saturated heterocycles. The van der Waals surface area contributed by atoms with Crippen LogP contribution in [0.25, 0.3) is 0 Å². The van der Waals surface area contributed by atoms with Gasteiger partial charge in [-0.3, -0.25) is 0 Å². The van der Waals surface area contributed by atoms with Gasteiger partial charge in [-0.2, -0.15) is 0 Å². The Morgan fingerprint density at radius 2 is 1.50 bits per heavy atom. The third kappa shape index (κ3) is 5.87. The molecule has 0 nitrogen and oxygen atoms in total. The number of hydrogen-bond acceptors (Lipinski definition) is 0. The van der Waals surface area contributed by atoms with E-state index in [-0.39, 0.29) is 10.9 Å². The number of allylic oxidation sites excluding steroid dienone is 10. The van der Waals surface area contributed by atoms with E-state index in [1.54, 1.807) is 0 Å². The number of aryl methyl sites for hydroxylation is 2. The summed E-state index contributed by atoms with van der Waals surface area (Å²) in [6.07, 6.45) is 19.4. The van der Waals surface area contributed by atoms with Gasteiger partial charge in [0.1, 0.15) is 0 Å². The molecule has 1 aliphatic carbocycles. The van der Waals surface area contributed by atoms with Crippen LogP contribution in [0.1, 0.15) is 30.9 Å². The Hall–Kier alpha value is -2.77. The lowest BCUT2D eigenvalue weighted by molar-refractivity contribution is 1.18. The summed E-state index contributed by atoms with van der Waals surface area (Å²) in [6.45, 7) is 10.2. The summed E-state index contributed by atoms with van der Waals surface area (Å²) in [6, 6.07) is 18.0. The molecule has 0 N–H and O–H groups in total. The summed E-state index contributed by atoms with van der Waals surface area (Å²) in [5, 5.41) is 0. The first-order valence-corrected chi connectivity index (χ1v) is 11.7. The molecule has 1 heteroatoms. The van der Waals surface area contributed by atoms with Crippen molar-refractivity contribution in [3.8, 4) is 0 Å². The first kappa shape index (κ1) is 21.9. The van der Waals surface area contributed by atoms with Crippen molar-refractivity contribution in [2.45, 2.75) is 43.4 Å². The highest BCUT2D eigenvalue weighted by Crippen LogP contribution is 2.33. The first-order chi connectivity index (χ1) is 14.6. The third-order valence-corrected chi connectivity index (χ3v) is 7.29. The van der Waals surface area contributed by atoms with Gasteiger partial charge in [0.05, 0.1) is 10.9 Å². The van der Waals surface area contributed by atoms with Gasteiger partial charge in [0.2, 0.25) is 0 Å². The molecule has 0 radical (unpaired) electrons. The normalized spacial score (nSPS) is 14.6. The van der Waals surface area contributed by atoms with E-state index < -0.39 is 0 Å². The topological polar surface area (TPSA) is 0 Å². The molecule has 2 aromatic rings. The van der Waals surface area contributed by atoms with Gasteiger partial charge in [-0.05, 0) is 81.2 Å². The predicted octanol–water partition coefficient (Wildman–Crippen LogP) is 8.19. The first-order valence-electron chi connectivity index (χ1n) is 10.5. The van der Waals surface area contributed by atoms with Crippen molar-refractivity contribution in [3.05, 3.63) is 131 Å². The Kier molecular flexibility index (Phi) is 7.93. The molecule has 0 unspecified atom stereocenters. The molecular formula is C29H31S+. The summed E-state index contributed by atoms with van der Waals surface area (Å²) in [4.78, 5) is 4.11. The summed E-state index contributed by atoms with van der Waals surface area (Å²) < 4.78 is 0. The van der Waals surface area contributed by atoms with Crippen LogP contribution in [0.3, 0.4) is 0 Å². The fraction of sp³-hybridized carbons (Fsp3) is 0.172. The zero-order chi connectivity index (χ0) is 21.3. The highest BCUT2D eigenvalue weighted by molar-refractivity contribution is 8.00.